The van der Waals surface area contributed by atoms with Crippen LogP contribution in [0.25, 0.3) is 0 Å². The number of aromatic nitrogens is 2. The molecule has 2 amide bonds. The third-order valence-corrected chi connectivity index (χ3v) is 3.40. The monoisotopic (exact) mass is 346 g/mol. The van der Waals surface area contributed by atoms with E-state index in [0.29, 0.717) is 17.9 Å². The lowest BCUT2D eigenvalue weighted by atomic mass is 10.3. The van der Waals surface area contributed by atoms with Crippen molar-refractivity contribution >= 4 is 17.5 Å². The first-order valence-electron chi connectivity index (χ1n) is 7.80. The van der Waals surface area contributed by atoms with Gasteiger partial charge in [0, 0.05) is 26.0 Å². The number of hydrogen-bond donors (Lipinski definition) is 1. The molecule has 0 atom stereocenters. The van der Waals surface area contributed by atoms with E-state index in [1.165, 1.54) is 16.7 Å². The molecule has 1 heterocycles. The maximum Gasteiger partial charge on any atom is 0.261 e. The molecular weight excluding hydrogens is 324 g/mol. The van der Waals surface area contributed by atoms with Crippen molar-refractivity contribution in [2.24, 2.45) is 7.05 Å². The molecule has 0 aliphatic carbocycles. The molecule has 0 saturated carbocycles. The van der Waals surface area contributed by atoms with E-state index in [9.17, 15) is 9.59 Å². The van der Waals surface area contributed by atoms with Gasteiger partial charge in [-0.15, -0.1) is 5.10 Å². The molecule has 0 unspecified atom stereocenters. The molecule has 2 rings (SSSR count). The molecule has 0 bridgehead atoms. The molecule has 25 heavy (non-hydrogen) atoms. The van der Waals surface area contributed by atoms with Crippen molar-refractivity contribution in [2.45, 2.75) is 6.92 Å². The summed E-state index contributed by atoms with van der Waals surface area (Å²) in [4.78, 5) is 25.9. The number of nitrogens with one attached hydrogen (secondary N) is 1. The van der Waals surface area contributed by atoms with Crippen molar-refractivity contribution in [1.82, 2.24) is 14.7 Å². The van der Waals surface area contributed by atoms with Crippen LogP contribution in [0.3, 0.4) is 0 Å². The Morgan fingerprint density at radius 3 is 2.56 bits per heavy atom. The van der Waals surface area contributed by atoms with Gasteiger partial charge in [-0.3, -0.25) is 14.3 Å². The van der Waals surface area contributed by atoms with Crippen molar-refractivity contribution in [3.05, 3.63) is 36.0 Å². The van der Waals surface area contributed by atoms with Gasteiger partial charge in [-0.2, -0.15) is 0 Å². The molecule has 0 fully saturated rings. The highest BCUT2D eigenvalue weighted by Crippen LogP contribution is 2.17. The maximum absolute atomic E-state index is 12.4. The molecule has 2 aromatic rings. The summed E-state index contributed by atoms with van der Waals surface area (Å²) in [7, 11) is 4.68. The third-order valence-electron chi connectivity index (χ3n) is 3.40. The average molecular weight is 346 g/mol. The van der Waals surface area contributed by atoms with Crippen LogP contribution in [-0.4, -0.2) is 53.8 Å². The van der Waals surface area contributed by atoms with Crippen LogP contribution in [-0.2, 0) is 11.8 Å². The highest BCUT2D eigenvalue weighted by molar-refractivity contribution is 6.00. The van der Waals surface area contributed by atoms with Gasteiger partial charge in [-0.05, 0) is 31.2 Å². The number of benzene rings is 1. The number of likely N-dealkylation sites (N-methyl/N-ethyl adjacent to an activating group) is 1. The first-order valence-corrected chi connectivity index (χ1v) is 7.80. The van der Waals surface area contributed by atoms with Crippen molar-refractivity contribution in [3.63, 3.8) is 0 Å². The van der Waals surface area contributed by atoms with Gasteiger partial charge in [0.15, 0.2) is 0 Å². The third kappa shape index (κ3) is 4.72. The second-order valence-corrected chi connectivity index (χ2v) is 5.39. The highest BCUT2D eigenvalue weighted by atomic mass is 16.5. The van der Waals surface area contributed by atoms with E-state index in [0.717, 1.165) is 5.75 Å². The van der Waals surface area contributed by atoms with Crippen molar-refractivity contribution < 1.29 is 19.1 Å². The molecular formula is C17H22N4O4. The van der Waals surface area contributed by atoms with Gasteiger partial charge in [0.05, 0.1) is 20.3 Å². The smallest absolute Gasteiger partial charge is 0.261 e. The highest BCUT2D eigenvalue weighted by Gasteiger charge is 2.21. The Morgan fingerprint density at radius 1 is 1.28 bits per heavy atom. The average Bonchev–Trinajstić information content (AvgIpc) is 2.97. The second-order valence-electron chi connectivity index (χ2n) is 5.39. The van der Waals surface area contributed by atoms with Crippen LogP contribution in [0.2, 0.25) is 0 Å². The zero-order chi connectivity index (χ0) is 18.4. The van der Waals surface area contributed by atoms with Crippen LogP contribution in [0.5, 0.6) is 11.6 Å². The zero-order valence-electron chi connectivity index (χ0n) is 14.8. The second kappa shape index (κ2) is 8.18. The SMILES string of the molecule is CCOc1ccc(NC(=O)CN(C)C(=O)c2cn(C)nc2OC)cc1. The number of ether oxygens (including phenoxy) is 2. The Balaban J connectivity index is 1.96. The summed E-state index contributed by atoms with van der Waals surface area (Å²) in [5.41, 5.74) is 0.939. The normalized spacial score (nSPS) is 10.2. The lowest BCUT2D eigenvalue weighted by Crippen LogP contribution is -2.35. The Bertz CT molecular complexity index is 740. The number of methoxy groups -OCH3 is 1. The lowest BCUT2D eigenvalue weighted by Gasteiger charge is -2.16. The molecule has 0 spiro atoms. The number of hydrogen-bond acceptors (Lipinski definition) is 5. The summed E-state index contributed by atoms with van der Waals surface area (Å²) in [6, 6.07) is 7.03. The fraction of sp³-hybridized carbons (Fsp3) is 0.353. The summed E-state index contributed by atoms with van der Waals surface area (Å²) >= 11 is 0. The van der Waals surface area contributed by atoms with Crippen LogP contribution < -0.4 is 14.8 Å². The Morgan fingerprint density at radius 2 is 1.96 bits per heavy atom. The number of rotatable bonds is 7. The number of amides is 2. The quantitative estimate of drug-likeness (QED) is 0.822. The zero-order valence-corrected chi connectivity index (χ0v) is 14.8. The number of aryl methyl sites for hydroxylation is 1. The number of nitrogens with zero attached hydrogens (tertiary/aromatic N) is 3. The lowest BCUT2D eigenvalue weighted by molar-refractivity contribution is -0.116. The van der Waals surface area contributed by atoms with Crippen LogP contribution in [0, 0.1) is 0 Å². The first-order chi connectivity index (χ1) is 11.9. The Labute approximate surface area is 146 Å². The minimum absolute atomic E-state index is 0.0932. The van der Waals surface area contributed by atoms with Gasteiger partial charge in [0.1, 0.15) is 11.3 Å². The van der Waals surface area contributed by atoms with Crippen molar-refractivity contribution in [1.29, 1.82) is 0 Å². The van der Waals surface area contributed by atoms with Gasteiger partial charge in [0.25, 0.3) is 5.91 Å². The molecule has 0 aliphatic heterocycles. The number of carbonyl (C=O) groups is 2. The van der Waals surface area contributed by atoms with E-state index in [1.807, 2.05) is 6.92 Å². The summed E-state index contributed by atoms with van der Waals surface area (Å²) < 4.78 is 11.9. The minimum atomic E-state index is -0.341. The topological polar surface area (TPSA) is 85.7 Å². The largest absolute Gasteiger partial charge is 0.494 e. The molecule has 134 valence electrons. The summed E-state index contributed by atoms with van der Waals surface area (Å²) in [5, 5.41) is 6.78. The van der Waals surface area contributed by atoms with Gasteiger partial charge in [-0.1, -0.05) is 0 Å². The standard InChI is InChI=1S/C17H22N4O4/c1-5-25-13-8-6-12(7-9-13)18-15(22)11-20(2)17(23)14-10-21(3)19-16(14)24-4/h6-10H,5,11H2,1-4H3,(H,18,22). The van der Waals surface area contributed by atoms with Crippen LogP contribution in [0.1, 0.15) is 17.3 Å². The number of anilines is 1. The predicted octanol–water partition coefficient (Wildman–Crippen LogP) is 1.54. The van der Waals surface area contributed by atoms with Gasteiger partial charge in [-0.25, -0.2) is 0 Å². The summed E-state index contributed by atoms with van der Waals surface area (Å²) in [6.45, 7) is 2.39. The predicted molar refractivity (Wildman–Crippen MR) is 93.0 cm³/mol. The molecule has 0 aliphatic rings. The van der Waals surface area contributed by atoms with E-state index < -0.39 is 0 Å². The maximum atomic E-state index is 12.4. The van der Waals surface area contributed by atoms with E-state index in [4.69, 9.17) is 9.47 Å². The van der Waals surface area contributed by atoms with E-state index in [-0.39, 0.29) is 24.2 Å². The fourth-order valence-corrected chi connectivity index (χ4v) is 2.26. The van der Waals surface area contributed by atoms with Crippen LogP contribution in [0.4, 0.5) is 5.69 Å². The Kier molecular flexibility index (Phi) is 5.99. The first kappa shape index (κ1) is 18.3. The molecule has 1 aromatic carbocycles. The molecule has 0 saturated heterocycles. The van der Waals surface area contributed by atoms with Gasteiger partial charge >= 0.3 is 0 Å². The fourth-order valence-electron chi connectivity index (χ4n) is 2.26. The Hall–Kier alpha value is -3.03. The molecule has 0 radical (unpaired) electrons. The minimum Gasteiger partial charge on any atom is -0.494 e. The molecule has 1 aromatic heterocycles. The van der Waals surface area contributed by atoms with Crippen LogP contribution >= 0.6 is 0 Å². The van der Waals surface area contributed by atoms with Crippen molar-refractivity contribution in [3.8, 4) is 11.6 Å². The molecule has 1 N–H and O–H groups in total. The molecule has 8 heteroatoms. The molecule has 8 nitrogen and oxygen atoms in total. The summed E-state index contributed by atoms with van der Waals surface area (Å²) in [5.74, 6) is 0.317. The number of carbonyl (C=O) groups excluding carboxylic acids is 2. The summed E-state index contributed by atoms with van der Waals surface area (Å²) in [6.07, 6.45) is 1.56. The van der Waals surface area contributed by atoms with Gasteiger partial charge in [0.2, 0.25) is 11.8 Å². The van der Waals surface area contributed by atoms with E-state index in [2.05, 4.69) is 10.4 Å². The van der Waals surface area contributed by atoms with E-state index >= 15 is 0 Å². The van der Waals surface area contributed by atoms with Gasteiger partial charge < -0.3 is 19.7 Å². The van der Waals surface area contributed by atoms with Crippen LogP contribution in [0.15, 0.2) is 30.5 Å². The van der Waals surface area contributed by atoms with E-state index in [1.54, 1.807) is 44.6 Å². The van der Waals surface area contributed by atoms with Crippen molar-refractivity contribution in [2.75, 3.05) is 32.6 Å².